The van der Waals surface area contributed by atoms with Gasteiger partial charge in [-0.15, -0.1) is 0 Å². The third-order valence-corrected chi connectivity index (χ3v) is 4.70. The molecule has 1 aromatic heterocycles. The van der Waals surface area contributed by atoms with Crippen LogP contribution >= 0.6 is 0 Å². The summed E-state index contributed by atoms with van der Waals surface area (Å²) in [5.41, 5.74) is 7.66. The molecule has 6 heteroatoms. The first-order valence-electron chi connectivity index (χ1n) is 8.38. The molecule has 0 aliphatic carbocycles. The normalized spacial score (nSPS) is 17.0. The number of aromatic nitrogens is 2. The fourth-order valence-electron chi connectivity index (χ4n) is 3.29. The molecule has 0 radical (unpaired) electrons. The van der Waals surface area contributed by atoms with E-state index in [-0.39, 0.29) is 11.7 Å². The topological polar surface area (TPSA) is 75.0 Å². The van der Waals surface area contributed by atoms with Crippen molar-refractivity contribution in [3.63, 3.8) is 0 Å². The minimum Gasteiger partial charge on any atom is -0.348 e. The summed E-state index contributed by atoms with van der Waals surface area (Å²) in [6.07, 6.45) is 6.24. The Kier molecular flexibility index (Phi) is 5.25. The standard InChI is InChI=1S/C18H23FN4O/c19-16-4-2-1-3-14(16)9-13-5-7-23(8-6-13)18(24)17(20)10-15-11-21-12-22-15/h1-4,11-13,17H,5-10,20H2,(H,21,22)/t17-/m0/s1. The van der Waals surface area contributed by atoms with Gasteiger partial charge in [0.15, 0.2) is 0 Å². The molecular formula is C18H23FN4O. The van der Waals surface area contributed by atoms with Gasteiger partial charge in [-0.1, -0.05) is 18.2 Å². The highest BCUT2D eigenvalue weighted by molar-refractivity contribution is 5.82. The zero-order chi connectivity index (χ0) is 16.9. The van der Waals surface area contributed by atoms with Crippen molar-refractivity contribution in [1.29, 1.82) is 0 Å². The van der Waals surface area contributed by atoms with E-state index in [4.69, 9.17) is 5.73 Å². The Morgan fingerprint density at radius 1 is 1.38 bits per heavy atom. The minimum atomic E-state index is -0.548. The number of imidazole rings is 1. The third-order valence-electron chi connectivity index (χ3n) is 4.70. The maximum atomic E-state index is 13.7. The Bertz CT molecular complexity index is 665. The SMILES string of the molecule is N[C@@H](Cc1cnc[nH]1)C(=O)N1CCC(Cc2ccccc2F)CC1. The number of benzene rings is 1. The number of H-pyrrole nitrogens is 1. The molecule has 24 heavy (non-hydrogen) atoms. The Hall–Kier alpha value is -2.21. The lowest BCUT2D eigenvalue weighted by Gasteiger charge is -2.33. The second-order valence-corrected chi connectivity index (χ2v) is 6.45. The molecule has 0 bridgehead atoms. The van der Waals surface area contributed by atoms with Gasteiger partial charge in [0, 0.05) is 31.4 Å². The minimum absolute atomic E-state index is 0.0195. The zero-order valence-corrected chi connectivity index (χ0v) is 13.6. The van der Waals surface area contributed by atoms with Gasteiger partial charge in [0.25, 0.3) is 0 Å². The first-order valence-corrected chi connectivity index (χ1v) is 8.38. The van der Waals surface area contributed by atoms with Gasteiger partial charge in [0.2, 0.25) is 5.91 Å². The van der Waals surface area contributed by atoms with E-state index in [1.54, 1.807) is 18.6 Å². The first kappa shape index (κ1) is 16.6. The van der Waals surface area contributed by atoms with Crippen molar-refractivity contribution >= 4 is 5.91 Å². The van der Waals surface area contributed by atoms with Crippen molar-refractivity contribution in [2.75, 3.05) is 13.1 Å². The lowest BCUT2D eigenvalue weighted by Crippen LogP contribution is -2.48. The van der Waals surface area contributed by atoms with E-state index in [9.17, 15) is 9.18 Å². The number of hydrogen-bond acceptors (Lipinski definition) is 3. The number of halogens is 1. The van der Waals surface area contributed by atoms with Crippen LogP contribution in [-0.4, -0.2) is 39.9 Å². The predicted octanol–water partition coefficient (Wildman–Crippen LogP) is 1.90. The van der Waals surface area contributed by atoms with Crippen molar-refractivity contribution in [1.82, 2.24) is 14.9 Å². The van der Waals surface area contributed by atoms with Crippen molar-refractivity contribution in [2.45, 2.75) is 31.7 Å². The predicted molar refractivity (Wildman–Crippen MR) is 89.7 cm³/mol. The summed E-state index contributed by atoms with van der Waals surface area (Å²) in [5.74, 6) is 0.251. The summed E-state index contributed by atoms with van der Waals surface area (Å²) in [6, 6.07) is 6.37. The molecule has 1 aliphatic heterocycles. The third kappa shape index (κ3) is 4.00. The van der Waals surface area contributed by atoms with Crippen LogP contribution in [0.25, 0.3) is 0 Å². The maximum Gasteiger partial charge on any atom is 0.239 e. The Morgan fingerprint density at radius 3 is 2.79 bits per heavy atom. The smallest absolute Gasteiger partial charge is 0.239 e. The monoisotopic (exact) mass is 330 g/mol. The number of rotatable bonds is 5. The van der Waals surface area contributed by atoms with E-state index in [1.165, 1.54) is 6.07 Å². The number of carbonyl (C=O) groups excluding carboxylic acids is 1. The fraction of sp³-hybridized carbons (Fsp3) is 0.444. The van der Waals surface area contributed by atoms with Crippen molar-refractivity contribution in [3.8, 4) is 0 Å². The molecule has 2 heterocycles. The van der Waals surface area contributed by atoms with Gasteiger partial charge >= 0.3 is 0 Å². The lowest BCUT2D eigenvalue weighted by molar-refractivity contribution is -0.134. The average Bonchev–Trinajstić information content (AvgIpc) is 3.10. The Balaban J connectivity index is 1.49. The molecule has 0 saturated carbocycles. The number of carbonyl (C=O) groups is 1. The molecule has 1 fully saturated rings. The van der Waals surface area contributed by atoms with Gasteiger partial charge in [0.05, 0.1) is 12.4 Å². The number of hydrogen-bond donors (Lipinski definition) is 2. The highest BCUT2D eigenvalue weighted by Crippen LogP contribution is 2.23. The summed E-state index contributed by atoms with van der Waals surface area (Å²) in [5, 5.41) is 0. The molecule has 1 saturated heterocycles. The van der Waals surface area contributed by atoms with Crippen LogP contribution in [0.3, 0.4) is 0 Å². The number of aromatic amines is 1. The summed E-state index contributed by atoms with van der Waals surface area (Å²) in [4.78, 5) is 21.2. The van der Waals surface area contributed by atoms with Gasteiger partial charge < -0.3 is 15.6 Å². The molecule has 1 aromatic carbocycles. The number of nitrogens with one attached hydrogen (secondary N) is 1. The Labute approximate surface area is 141 Å². The number of nitrogens with zero attached hydrogens (tertiary/aromatic N) is 2. The Morgan fingerprint density at radius 2 is 2.12 bits per heavy atom. The van der Waals surface area contributed by atoms with E-state index >= 15 is 0 Å². The largest absolute Gasteiger partial charge is 0.348 e. The van der Waals surface area contributed by atoms with Crippen molar-refractivity contribution in [3.05, 3.63) is 53.9 Å². The number of nitrogens with two attached hydrogens (primary N) is 1. The summed E-state index contributed by atoms with van der Waals surface area (Å²) in [7, 11) is 0. The van der Waals surface area contributed by atoms with Crippen LogP contribution in [0.5, 0.6) is 0 Å². The molecule has 128 valence electrons. The molecule has 1 amide bonds. The quantitative estimate of drug-likeness (QED) is 0.879. The molecule has 0 unspecified atom stereocenters. The molecule has 3 rings (SSSR count). The molecule has 0 spiro atoms. The van der Waals surface area contributed by atoms with Gasteiger partial charge in [0.1, 0.15) is 5.82 Å². The molecule has 5 nitrogen and oxygen atoms in total. The highest BCUT2D eigenvalue weighted by Gasteiger charge is 2.27. The van der Waals surface area contributed by atoms with E-state index in [2.05, 4.69) is 9.97 Å². The van der Waals surface area contributed by atoms with Crippen molar-refractivity contribution in [2.24, 2.45) is 11.7 Å². The van der Waals surface area contributed by atoms with Crippen LogP contribution in [0.15, 0.2) is 36.8 Å². The van der Waals surface area contributed by atoms with Crippen LogP contribution < -0.4 is 5.73 Å². The van der Waals surface area contributed by atoms with Gasteiger partial charge in [-0.25, -0.2) is 9.37 Å². The van der Waals surface area contributed by atoms with E-state index in [1.807, 2.05) is 17.0 Å². The molecular weight excluding hydrogens is 307 g/mol. The van der Waals surface area contributed by atoms with Crippen LogP contribution in [0.1, 0.15) is 24.1 Å². The maximum absolute atomic E-state index is 13.7. The number of likely N-dealkylation sites (tertiary alicyclic amines) is 1. The summed E-state index contributed by atoms with van der Waals surface area (Å²) < 4.78 is 13.7. The van der Waals surface area contributed by atoms with E-state index in [0.29, 0.717) is 25.4 Å². The zero-order valence-electron chi connectivity index (χ0n) is 13.6. The van der Waals surface area contributed by atoms with Crippen LogP contribution in [0, 0.1) is 11.7 Å². The molecule has 1 atom stereocenters. The number of amides is 1. The lowest BCUT2D eigenvalue weighted by atomic mass is 9.89. The summed E-state index contributed by atoms with van der Waals surface area (Å²) >= 11 is 0. The second-order valence-electron chi connectivity index (χ2n) is 6.45. The molecule has 3 N–H and O–H groups in total. The van der Waals surface area contributed by atoms with E-state index in [0.717, 1.165) is 30.5 Å². The fourth-order valence-corrected chi connectivity index (χ4v) is 3.29. The van der Waals surface area contributed by atoms with Gasteiger partial charge in [-0.2, -0.15) is 0 Å². The highest BCUT2D eigenvalue weighted by atomic mass is 19.1. The summed E-state index contributed by atoms with van der Waals surface area (Å²) in [6.45, 7) is 1.38. The van der Waals surface area contributed by atoms with E-state index < -0.39 is 6.04 Å². The van der Waals surface area contributed by atoms with Crippen LogP contribution in [0.2, 0.25) is 0 Å². The average molecular weight is 330 g/mol. The van der Waals surface area contributed by atoms with Gasteiger partial charge in [-0.3, -0.25) is 4.79 Å². The second kappa shape index (κ2) is 7.57. The van der Waals surface area contributed by atoms with Gasteiger partial charge in [-0.05, 0) is 36.8 Å². The first-order chi connectivity index (χ1) is 11.6. The molecule has 1 aliphatic rings. The number of piperidine rings is 1. The molecule has 2 aromatic rings. The van der Waals surface area contributed by atoms with Crippen molar-refractivity contribution < 1.29 is 9.18 Å². The van der Waals surface area contributed by atoms with Crippen LogP contribution in [-0.2, 0) is 17.6 Å². The van der Waals surface area contributed by atoms with Crippen LogP contribution in [0.4, 0.5) is 4.39 Å².